The maximum absolute atomic E-state index is 12.6. The first-order valence-electron chi connectivity index (χ1n) is 9.04. The molecule has 7 nitrogen and oxygen atoms in total. The molecule has 27 heavy (non-hydrogen) atoms. The average molecular weight is 367 g/mol. The Bertz CT molecular complexity index is 794. The van der Waals surface area contributed by atoms with Crippen LogP contribution in [0.1, 0.15) is 30.4 Å². The van der Waals surface area contributed by atoms with Crippen molar-refractivity contribution in [1.82, 2.24) is 15.2 Å². The number of nitrogens with zero attached hydrogens (tertiary/aromatic N) is 2. The summed E-state index contributed by atoms with van der Waals surface area (Å²) in [7, 11) is 0. The smallest absolute Gasteiger partial charge is 0.237 e. The number of likely N-dealkylation sites (tertiary alicyclic amines) is 1. The lowest BCUT2D eigenvalue weighted by Gasteiger charge is -2.28. The quantitative estimate of drug-likeness (QED) is 0.705. The molecule has 3 atom stereocenters. The third-order valence-corrected chi connectivity index (χ3v) is 5.13. The van der Waals surface area contributed by atoms with Crippen LogP contribution >= 0.6 is 0 Å². The van der Waals surface area contributed by atoms with Crippen LogP contribution in [0.4, 0.5) is 5.82 Å². The number of amides is 2. The third-order valence-electron chi connectivity index (χ3n) is 5.13. The molecule has 0 radical (unpaired) electrons. The Balaban J connectivity index is 1.65. The summed E-state index contributed by atoms with van der Waals surface area (Å²) in [5.41, 5.74) is 13.2. The second-order valence-electron chi connectivity index (χ2n) is 6.94. The van der Waals surface area contributed by atoms with E-state index >= 15 is 0 Å². The summed E-state index contributed by atoms with van der Waals surface area (Å²) in [5.74, 6) is 0.0783. The van der Waals surface area contributed by atoms with Crippen molar-refractivity contribution in [1.29, 1.82) is 0 Å². The van der Waals surface area contributed by atoms with Crippen molar-refractivity contribution in [2.24, 2.45) is 5.73 Å². The Labute approximate surface area is 158 Å². The first kappa shape index (κ1) is 18.8. The highest BCUT2D eigenvalue weighted by Crippen LogP contribution is 2.33. The van der Waals surface area contributed by atoms with Gasteiger partial charge in [-0.3, -0.25) is 14.5 Å². The SMILES string of the molecule is C[C@@H](C(=O)NCc1ccc(N)nc1)N1CC(c2ccccc2)CC1C(N)=O. The van der Waals surface area contributed by atoms with Crippen LogP contribution in [-0.2, 0) is 16.1 Å². The summed E-state index contributed by atoms with van der Waals surface area (Å²) in [6, 6.07) is 12.6. The highest BCUT2D eigenvalue weighted by molar-refractivity contribution is 5.84. The number of nitrogens with one attached hydrogen (secondary N) is 1. The number of carbonyl (C=O) groups is 2. The molecule has 0 bridgehead atoms. The Kier molecular flexibility index (Phi) is 5.71. The van der Waals surface area contributed by atoms with Crippen molar-refractivity contribution < 1.29 is 9.59 Å². The van der Waals surface area contributed by atoms with Gasteiger partial charge in [-0.05, 0) is 36.5 Å². The largest absolute Gasteiger partial charge is 0.384 e. The molecule has 0 aliphatic carbocycles. The molecule has 3 rings (SSSR count). The predicted octanol–water partition coefficient (Wildman–Crippen LogP) is 1.01. The molecular weight excluding hydrogens is 342 g/mol. The number of nitrogen functional groups attached to an aromatic ring is 1. The normalized spacial score (nSPS) is 20.9. The molecule has 5 N–H and O–H groups in total. The number of primary amides is 1. The zero-order valence-corrected chi connectivity index (χ0v) is 15.3. The number of pyridine rings is 1. The van der Waals surface area contributed by atoms with Gasteiger partial charge in [0.2, 0.25) is 11.8 Å². The third kappa shape index (κ3) is 4.43. The van der Waals surface area contributed by atoms with Crippen molar-refractivity contribution in [3.63, 3.8) is 0 Å². The Hall–Kier alpha value is -2.93. The van der Waals surface area contributed by atoms with E-state index in [-0.39, 0.29) is 11.8 Å². The van der Waals surface area contributed by atoms with E-state index in [4.69, 9.17) is 11.5 Å². The van der Waals surface area contributed by atoms with Gasteiger partial charge in [0.15, 0.2) is 0 Å². The minimum atomic E-state index is -0.460. The van der Waals surface area contributed by atoms with Gasteiger partial charge in [0.1, 0.15) is 5.82 Å². The van der Waals surface area contributed by atoms with E-state index in [1.807, 2.05) is 41.3 Å². The van der Waals surface area contributed by atoms with Crippen LogP contribution in [0, 0.1) is 0 Å². The number of nitrogens with two attached hydrogens (primary N) is 2. The minimum absolute atomic E-state index is 0.146. The van der Waals surface area contributed by atoms with Crippen molar-refractivity contribution in [2.45, 2.75) is 37.9 Å². The van der Waals surface area contributed by atoms with Gasteiger partial charge in [-0.25, -0.2) is 4.98 Å². The highest BCUT2D eigenvalue weighted by Gasteiger charge is 2.40. The highest BCUT2D eigenvalue weighted by atomic mass is 16.2. The first-order valence-corrected chi connectivity index (χ1v) is 9.04. The van der Waals surface area contributed by atoms with E-state index in [9.17, 15) is 9.59 Å². The van der Waals surface area contributed by atoms with Gasteiger partial charge in [-0.1, -0.05) is 36.4 Å². The fraction of sp³-hybridized carbons (Fsp3) is 0.350. The van der Waals surface area contributed by atoms with E-state index in [1.165, 1.54) is 0 Å². The molecule has 2 heterocycles. The lowest BCUT2D eigenvalue weighted by molar-refractivity contribution is -0.129. The van der Waals surface area contributed by atoms with Crippen molar-refractivity contribution in [3.05, 3.63) is 59.8 Å². The summed E-state index contributed by atoms with van der Waals surface area (Å²) in [6.07, 6.45) is 2.26. The Morgan fingerprint density at radius 1 is 1.26 bits per heavy atom. The van der Waals surface area contributed by atoms with Crippen LogP contribution < -0.4 is 16.8 Å². The molecule has 1 aromatic heterocycles. The van der Waals surface area contributed by atoms with Crippen LogP contribution in [-0.4, -0.2) is 40.3 Å². The maximum atomic E-state index is 12.6. The molecule has 142 valence electrons. The lowest BCUT2D eigenvalue weighted by atomic mass is 9.96. The molecule has 1 saturated heterocycles. The maximum Gasteiger partial charge on any atom is 0.237 e. The summed E-state index contributed by atoms with van der Waals surface area (Å²) in [6.45, 7) is 2.78. The summed E-state index contributed by atoms with van der Waals surface area (Å²) >= 11 is 0. The molecule has 2 amide bonds. The molecule has 0 spiro atoms. The van der Waals surface area contributed by atoms with Gasteiger partial charge in [0.05, 0.1) is 12.1 Å². The van der Waals surface area contributed by atoms with Crippen LogP contribution in [0.2, 0.25) is 0 Å². The monoisotopic (exact) mass is 367 g/mol. The van der Waals surface area contributed by atoms with E-state index in [0.717, 1.165) is 11.1 Å². The molecule has 2 aromatic rings. The van der Waals surface area contributed by atoms with E-state index in [0.29, 0.717) is 25.3 Å². The molecular formula is C20H25N5O2. The van der Waals surface area contributed by atoms with E-state index in [1.54, 1.807) is 19.2 Å². The zero-order valence-electron chi connectivity index (χ0n) is 15.3. The number of benzene rings is 1. The van der Waals surface area contributed by atoms with Crippen LogP contribution in [0.15, 0.2) is 48.7 Å². The van der Waals surface area contributed by atoms with Gasteiger partial charge >= 0.3 is 0 Å². The van der Waals surface area contributed by atoms with Crippen molar-refractivity contribution in [2.75, 3.05) is 12.3 Å². The van der Waals surface area contributed by atoms with Gasteiger partial charge in [0.25, 0.3) is 0 Å². The molecule has 7 heteroatoms. The number of rotatable bonds is 6. The molecule has 2 unspecified atom stereocenters. The number of aromatic nitrogens is 1. The van der Waals surface area contributed by atoms with Gasteiger partial charge in [-0.2, -0.15) is 0 Å². The molecule has 1 aromatic carbocycles. The first-order chi connectivity index (χ1) is 13.0. The van der Waals surface area contributed by atoms with Crippen molar-refractivity contribution in [3.8, 4) is 0 Å². The van der Waals surface area contributed by atoms with Gasteiger partial charge in [-0.15, -0.1) is 0 Å². The molecule has 1 aliphatic rings. The standard InChI is InChI=1S/C20H25N5O2/c1-13(20(27)24-11-14-7-8-18(21)23-10-14)25-12-16(9-17(25)19(22)26)15-5-3-2-4-6-15/h2-8,10,13,16-17H,9,11-12H2,1H3,(H2,21,23)(H2,22,26)(H,24,27)/t13-,16?,17?/m0/s1. The Morgan fingerprint density at radius 3 is 2.63 bits per heavy atom. The summed E-state index contributed by atoms with van der Waals surface area (Å²) in [4.78, 5) is 30.5. The van der Waals surface area contributed by atoms with E-state index < -0.39 is 18.0 Å². The lowest BCUT2D eigenvalue weighted by Crippen LogP contribution is -2.51. The molecule has 1 aliphatic heterocycles. The topological polar surface area (TPSA) is 114 Å². The number of carbonyl (C=O) groups excluding carboxylic acids is 2. The second kappa shape index (κ2) is 8.18. The zero-order chi connectivity index (χ0) is 19.4. The van der Waals surface area contributed by atoms with Gasteiger partial charge < -0.3 is 16.8 Å². The number of hydrogen-bond donors (Lipinski definition) is 3. The predicted molar refractivity (Wildman–Crippen MR) is 103 cm³/mol. The van der Waals surface area contributed by atoms with E-state index in [2.05, 4.69) is 10.3 Å². The number of anilines is 1. The van der Waals surface area contributed by atoms with Gasteiger partial charge in [0, 0.05) is 19.3 Å². The summed E-state index contributed by atoms with van der Waals surface area (Å²) in [5, 5.41) is 2.90. The fourth-order valence-electron chi connectivity index (χ4n) is 3.56. The molecule has 1 fully saturated rings. The minimum Gasteiger partial charge on any atom is -0.384 e. The number of hydrogen-bond acceptors (Lipinski definition) is 5. The van der Waals surface area contributed by atoms with Crippen LogP contribution in [0.5, 0.6) is 0 Å². The second-order valence-corrected chi connectivity index (χ2v) is 6.94. The fourth-order valence-corrected chi connectivity index (χ4v) is 3.56. The van der Waals surface area contributed by atoms with Crippen LogP contribution in [0.25, 0.3) is 0 Å². The average Bonchev–Trinajstić information content (AvgIpc) is 3.13. The molecule has 0 saturated carbocycles. The van der Waals surface area contributed by atoms with Crippen molar-refractivity contribution >= 4 is 17.6 Å². The summed E-state index contributed by atoms with van der Waals surface area (Å²) < 4.78 is 0. The van der Waals surface area contributed by atoms with Crippen LogP contribution in [0.3, 0.4) is 0 Å². The Morgan fingerprint density at radius 2 is 2.00 bits per heavy atom.